The van der Waals surface area contributed by atoms with Crippen molar-refractivity contribution in [3.05, 3.63) is 58.6 Å². The van der Waals surface area contributed by atoms with Crippen molar-refractivity contribution in [3.8, 4) is 0 Å². The van der Waals surface area contributed by atoms with Crippen LogP contribution in [0.5, 0.6) is 0 Å². The highest BCUT2D eigenvalue weighted by Gasteiger charge is 2.10. The van der Waals surface area contributed by atoms with E-state index >= 15 is 0 Å². The SMILES string of the molecule is N=C(N)SCc1ccccc1Sc1ccc(Cl)cc1CSC(=N)N. The van der Waals surface area contributed by atoms with E-state index in [-0.39, 0.29) is 10.3 Å². The van der Waals surface area contributed by atoms with Crippen LogP contribution in [0.1, 0.15) is 11.1 Å². The Kier molecular flexibility index (Phi) is 7.36. The van der Waals surface area contributed by atoms with E-state index in [1.807, 2.05) is 36.4 Å². The molecular weight excluding hydrogens is 380 g/mol. The molecule has 4 nitrogen and oxygen atoms in total. The number of amidine groups is 2. The predicted molar refractivity (Wildman–Crippen MR) is 108 cm³/mol. The second-order valence-corrected chi connectivity index (χ2v) is 8.32. The predicted octanol–water partition coefficient (Wildman–Crippen LogP) is 4.74. The first-order chi connectivity index (χ1) is 11.5. The quantitative estimate of drug-likeness (QED) is 0.417. The molecule has 126 valence electrons. The van der Waals surface area contributed by atoms with Crippen molar-refractivity contribution in [1.82, 2.24) is 0 Å². The molecule has 6 N–H and O–H groups in total. The van der Waals surface area contributed by atoms with Gasteiger partial charge in [-0.15, -0.1) is 0 Å². The molecule has 0 saturated heterocycles. The lowest BCUT2D eigenvalue weighted by Gasteiger charge is -2.12. The number of thioether (sulfide) groups is 2. The van der Waals surface area contributed by atoms with E-state index in [0.29, 0.717) is 16.5 Å². The van der Waals surface area contributed by atoms with E-state index in [1.54, 1.807) is 11.8 Å². The average Bonchev–Trinajstić information content (AvgIpc) is 2.54. The van der Waals surface area contributed by atoms with Crippen LogP contribution in [-0.4, -0.2) is 10.3 Å². The average molecular weight is 397 g/mol. The van der Waals surface area contributed by atoms with Gasteiger partial charge in [0, 0.05) is 26.3 Å². The van der Waals surface area contributed by atoms with Crippen LogP contribution in [0.3, 0.4) is 0 Å². The summed E-state index contributed by atoms with van der Waals surface area (Å²) in [5, 5.41) is 15.6. The third-order valence-electron chi connectivity index (χ3n) is 2.98. The van der Waals surface area contributed by atoms with E-state index in [2.05, 4.69) is 6.07 Å². The second kappa shape index (κ2) is 9.27. The standard InChI is InChI=1S/C16H17ClN4S3/c17-12-5-6-14(11(7-12)9-23-16(20)21)24-13-4-2-1-3-10(13)8-22-15(18)19/h1-7H,8-9H2,(H3,18,19)(H3,20,21). The van der Waals surface area contributed by atoms with Crippen molar-refractivity contribution in [2.45, 2.75) is 21.3 Å². The van der Waals surface area contributed by atoms with E-state index < -0.39 is 0 Å². The molecule has 0 radical (unpaired) electrons. The maximum absolute atomic E-state index is 7.38. The summed E-state index contributed by atoms with van der Waals surface area (Å²) in [4.78, 5) is 2.19. The molecule has 0 atom stereocenters. The Bertz CT molecular complexity index is 752. The Morgan fingerprint density at radius 3 is 2.12 bits per heavy atom. The number of hydrogen-bond acceptors (Lipinski definition) is 5. The molecule has 0 spiro atoms. The zero-order valence-corrected chi connectivity index (χ0v) is 15.9. The number of hydrogen-bond donors (Lipinski definition) is 4. The minimum atomic E-state index is 0.0872. The maximum atomic E-state index is 7.38. The van der Waals surface area contributed by atoms with Gasteiger partial charge in [0.05, 0.1) is 0 Å². The summed E-state index contributed by atoms with van der Waals surface area (Å²) in [5.74, 6) is 1.26. The van der Waals surface area contributed by atoms with Gasteiger partial charge in [-0.1, -0.05) is 65.1 Å². The van der Waals surface area contributed by atoms with Gasteiger partial charge in [-0.3, -0.25) is 10.8 Å². The Labute approximate surface area is 159 Å². The molecule has 0 aliphatic heterocycles. The van der Waals surface area contributed by atoms with Crippen LogP contribution < -0.4 is 11.5 Å². The van der Waals surface area contributed by atoms with Crippen LogP contribution in [0.25, 0.3) is 0 Å². The van der Waals surface area contributed by atoms with Crippen LogP contribution >= 0.6 is 46.9 Å². The zero-order chi connectivity index (χ0) is 17.5. The summed E-state index contributed by atoms with van der Waals surface area (Å²) in [6, 6.07) is 13.8. The summed E-state index contributed by atoms with van der Waals surface area (Å²) in [6.45, 7) is 0. The molecule has 2 aromatic carbocycles. The number of nitrogens with two attached hydrogens (primary N) is 2. The van der Waals surface area contributed by atoms with Crippen molar-refractivity contribution in [2.75, 3.05) is 0 Å². The molecule has 2 rings (SSSR count). The smallest absolute Gasteiger partial charge is 0.151 e. The van der Waals surface area contributed by atoms with Crippen molar-refractivity contribution < 1.29 is 0 Å². The normalized spacial score (nSPS) is 10.5. The lowest BCUT2D eigenvalue weighted by molar-refractivity contribution is 1.23. The van der Waals surface area contributed by atoms with Gasteiger partial charge >= 0.3 is 0 Å². The van der Waals surface area contributed by atoms with E-state index in [4.69, 9.17) is 33.9 Å². The van der Waals surface area contributed by atoms with Gasteiger partial charge < -0.3 is 11.5 Å². The first kappa shape index (κ1) is 19.1. The third kappa shape index (κ3) is 5.98. The number of rotatable bonds is 6. The van der Waals surface area contributed by atoms with Gasteiger partial charge in [0.25, 0.3) is 0 Å². The van der Waals surface area contributed by atoms with Gasteiger partial charge in [-0.25, -0.2) is 0 Å². The van der Waals surface area contributed by atoms with Gasteiger partial charge in [0.15, 0.2) is 10.3 Å². The molecule has 0 aromatic heterocycles. The highest BCUT2D eigenvalue weighted by molar-refractivity contribution is 8.13. The molecule has 0 amide bonds. The van der Waals surface area contributed by atoms with Gasteiger partial charge in [0.2, 0.25) is 0 Å². The topological polar surface area (TPSA) is 99.7 Å². The monoisotopic (exact) mass is 396 g/mol. The van der Waals surface area contributed by atoms with Crippen molar-refractivity contribution >= 4 is 57.2 Å². The Balaban J connectivity index is 2.24. The fraction of sp³-hybridized carbons (Fsp3) is 0.125. The first-order valence-electron chi connectivity index (χ1n) is 6.93. The molecule has 0 unspecified atom stereocenters. The van der Waals surface area contributed by atoms with Crippen molar-refractivity contribution in [2.24, 2.45) is 11.5 Å². The molecule has 0 bridgehead atoms. The summed E-state index contributed by atoms with van der Waals surface area (Å²) in [7, 11) is 0. The van der Waals surface area contributed by atoms with Crippen LogP contribution in [-0.2, 0) is 11.5 Å². The molecular formula is C16H17ClN4S3. The van der Waals surface area contributed by atoms with Gasteiger partial charge in [0.1, 0.15) is 0 Å². The molecule has 0 aliphatic carbocycles. The molecule has 0 heterocycles. The lowest BCUT2D eigenvalue weighted by Crippen LogP contribution is -2.04. The van der Waals surface area contributed by atoms with Gasteiger partial charge in [-0.05, 0) is 35.4 Å². The summed E-state index contributed by atoms with van der Waals surface area (Å²) >= 11 is 10.3. The van der Waals surface area contributed by atoms with Crippen molar-refractivity contribution in [1.29, 1.82) is 10.8 Å². The lowest BCUT2D eigenvalue weighted by atomic mass is 10.2. The highest BCUT2D eigenvalue weighted by atomic mass is 35.5. The molecule has 8 heteroatoms. The van der Waals surface area contributed by atoms with Crippen molar-refractivity contribution in [3.63, 3.8) is 0 Å². The zero-order valence-electron chi connectivity index (χ0n) is 12.7. The van der Waals surface area contributed by atoms with Crippen LogP contribution in [0.2, 0.25) is 5.02 Å². The molecule has 0 fully saturated rings. The van der Waals surface area contributed by atoms with E-state index in [1.165, 1.54) is 23.5 Å². The first-order valence-corrected chi connectivity index (χ1v) is 10.1. The minimum absolute atomic E-state index is 0.0872. The van der Waals surface area contributed by atoms with E-state index in [0.717, 1.165) is 20.9 Å². The Morgan fingerprint density at radius 2 is 1.46 bits per heavy atom. The fourth-order valence-electron chi connectivity index (χ4n) is 1.91. The van der Waals surface area contributed by atoms with E-state index in [9.17, 15) is 0 Å². The van der Waals surface area contributed by atoms with Crippen LogP contribution in [0.15, 0.2) is 52.3 Å². The number of halogens is 1. The largest absolute Gasteiger partial charge is 0.379 e. The molecule has 0 saturated carbocycles. The maximum Gasteiger partial charge on any atom is 0.151 e. The van der Waals surface area contributed by atoms with Crippen LogP contribution in [0.4, 0.5) is 0 Å². The fourth-order valence-corrected chi connectivity index (χ4v) is 4.46. The molecule has 0 aliphatic rings. The number of nitrogens with one attached hydrogen (secondary N) is 2. The molecule has 24 heavy (non-hydrogen) atoms. The summed E-state index contributed by atoms with van der Waals surface area (Å²) < 4.78 is 0. The molecule has 2 aromatic rings. The summed E-state index contributed by atoms with van der Waals surface area (Å²) in [5.41, 5.74) is 13.1. The minimum Gasteiger partial charge on any atom is -0.379 e. The highest BCUT2D eigenvalue weighted by Crippen LogP contribution is 2.36. The summed E-state index contributed by atoms with van der Waals surface area (Å²) in [6.07, 6.45) is 0. The van der Waals surface area contributed by atoms with Gasteiger partial charge in [-0.2, -0.15) is 0 Å². The Morgan fingerprint density at radius 1 is 0.875 bits per heavy atom. The third-order valence-corrected chi connectivity index (χ3v) is 5.99. The second-order valence-electron chi connectivity index (χ2n) is 4.77. The Hall–Kier alpha value is -1.28. The van der Waals surface area contributed by atoms with Crippen LogP contribution in [0, 0.1) is 10.8 Å². The number of benzene rings is 2.